The lowest BCUT2D eigenvalue weighted by atomic mass is 10.2. The molecule has 0 saturated carbocycles. The van der Waals surface area contributed by atoms with E-state index in [9.17, 15) is 23.6 Å². The van der Waals surface area contributed by atoms with Gasteiger partial charge in [0.05, 0.1) is 18.2 Å². The molecule has 0 aliphatic heterocycles. The second-order valence-electron chi connectivity index (χ2n) is 4.31. The highest BCUT2D eigenvalue weighted by molar-refractivity contribution is 7.60. The molecular weight excluding hydrogens is 316 g/mol. The Balaban J connectivity index is 4.93. The molecule has 0 aliphatic carbocycles. The number of nitrogens with two attached hydrogens (primary N) is 1. The summed E-state index contributed by atoms with van der Waals surface area (Å²) in [6, 6.07) is -1.41. The van der Waals surface area contributed by atoms with Crippen molar-refractivity contribution in [2.24, 2.45) is 5.73 Å². The van der Waals surface area contributed by atoms with Crippen LogP contribution in [0.4, 0.5) is 0 Å². The lowest BCUT2D eigenvalue weighted by Crippen LogP contribution is -2.31. The van der Waals surface area contributed by atoms with Crippen molar-refractivity contribution in [2.75, 3.05) is 12.3 Å². The van der Waals surface area contributed by atoms with Crippen molar-refractivity contribution in [3.63, 3.8) is 0 Å². The van der Waals surface area contributed by atoms with Crippen molar-refractivity contribution < 1.29 is 43.6 Å². The van der Waals surface area contributed by atoms with E-state index in [2.05, 4.69) is 0 Å². The van der Waals surface area contributed by atoms with E-state index < -0.39 is 63.8 Å². The van der Waals surface area contributed by atoms with Crippen LogP contribution in [0.3, 0.4) is 0 Å². The van der Waals surface area contributed by atoms with Crippen LogP contribution in [0.2, 0.25) is 0 Å². The molecule has 10 nitrogen and oxygen atoms in total. The van der Waals surface area contributed by atoms with E-state index in [1.165, 1.54) is 0 Å². The molecule has 0 aromatic carbocycles. The van der Waals surface area contributed by atoms with Crippen LogP contribution in [0.5, 0.6) is 0 Å². The zero-order valence-electron chi connectivity index (χ0n) is 10.3. The van der Waals surface area contributed by atoms with E-state index in [4.69, 9.17) is 25.7 Å². The van der Waals surface area contributed by atoms with Crippen molar-refractivity contribution >= 4 is 26.9 Å². The van der Waals surface area contributed by atoms with E-state index in [1.54, 1.807) is 0 Å². The van der Waals surface area contributed by atoms with Gasteiger partial charge < -0.3 is 30.6 Å². The van der Waals surface area contributed by atoms with Gasteiger partial charge in [0.2, 0.25) is 7.37 Å². The minimum atomic E-state index is -4.68. The molecule has 0 saturated heterocycles. The van der Waals surface area contributed by atoms with Gasteiger partial charge in [-0.3, -0.25) is 18.7 Å². The maximum atomic E-state index is 12.0. The van der Waals surface area contributed by atoms with Crippen LogP contribution in [0.15, 0.2) is 0 Å². The molecule has 0 aromatic heterocycles. The predicted molar refractivity (Wildman–Crippen MR) is 67.9 cm³/mol. The molecule has 0 heterocycles. The molecule has 0 amide bonds. The molecule has 3 atom stereocenters. The fraction of sp³-hybridized carbons (Fsp3) is 0.750. The van der Waals surface area contributed by atoms with Crippen molar-refractivity contribution in [2.45, 2.75) is 24.5 Å². The van der Waals surface area contributed by atoms with Crippen molar-refractivity contribution in [3.05, 3.63) is 0 Å². The quantitative estimate of drug-likeness (QED) is 0.287. The minimum absolute atomic E-state index is 0.402. The third-order valence-corrected chi connectivity index (χ3v) is 6.12. The van der Waals surface area contributed by atoms with Gasteiger partial charge in [-0.2, -0.15) is 0 Å². The molecule has 0 bridgehead atoms. The Morgan fingerprint density at radius 3 is 1.95 bits per heavy atom. The Bertz CT molecular complexity index is 459. The number of carboxylic acid groups (broad SMARTS) is 2. The summed E-state index contributed by atoms with van der Waals surface area (Å²) in [6.07, 6.45) is -2.99. The SMILES string of the molecule is N[C@@H](CCP(=O)(O)C(CC(=O)O)CP(=O)(O)O)C(=O)O. The zero-order valence-corrected chi connectivity index (χ0v) is 12.1. The first-order valence-corrected chi connectivity index (χ1v) is 9.12. The monoisotopic (exact) mass is 333 g/mol. The minimum Gasteiger partial charge on any atom is -0.481 e. The Morgan fingerprint density at radius 2 is 1.60 bits per heavy atom. The van der Waals surface area contributed by atoms with Crippen LogP contribution in [-0.2, 0) is 18.7 Å². The summed E-state index contributed by atoms with van der Waals surface area (Å²) in [7, 11) is -8.95. The van der Waals surface area contributed by atoms with E-state index in [-0.39, 0.29) is 0 Å². The highest BCUT2D eigenvalue weighted by atomic mass is 31.2. The summed E-state index contributed by atoms with van der Waals surface area (Å²) in [4.78, 5) is 48.4. The lowest BCUT2D eigenvalue weighted by molar-refractivity contribution is -0.139. The van der Waals surface area contributed by atoms with Crippen molar-refractivity contribution in [1.29, 1.82) is 0 Å². The van der Waals surface area contributed by atoms with Crippen molar-refractivity contribution in [1.82, 2.24) is 0 Å². The summed E-state index contributed by atoms with van der Waals surface area (Å²) in [6.45, 7) is 0. The van der Waals surface area contributed by atoms with Crippen LogP contribution in [0.1, 0.15) is 12.8 Å². The van der Waals surface area contributed by atoms with E-state index in [1.807, 2.05) is 0 Å². The smallest absolute Gasteiger partial charge is 0.326 e. The average molecular weight is 333 g/mol. The molecule has 118 valence electrons. The molecule has 12 heteroatoms. The molecule has 0 radical (unpaired) electrons. The van der Waals surface area contributed by atoms with Gasteiger partial charge in [0.15, 0.2) is 0 Å². The molecule has 0 fully saturated rings. The third kappa shape index (κ3) is 7.74. The lowest BCUT2D eigenvalue weighted by Gasteiger charge is -2.22. The molecular formula is C8H17NO9P2. The zero-order chi connectivity index (χ0) is 16.1. The van der Waals surface area contributed by atoms with Gasteiger partial charge >= 0.3 is 19.5 Å². The molecule has 0 aliphatic rings. The molecule has 2 unspecified atom stereocenters. The summed E-state index contributed by atoms with van der Waals surface area (Å²) in [5.41, 5.74) is 3.50. The van der Waals surface area contributed by atoms with Crippen LogP contribution >= 0.6 is 15.0 Å². The molecule has 7 N–H and O–H groups in total. The number of carbonyl (C=O) groups is 2. The Morgan fingerprint density at radius 1 is 1.10 bits per heavy atom. The van der Waals surface area contributed by atoms with Crippen molar-refractivity contribution in [3.8, 4) is 0 Å². The maximum absolute atomic E-state index is 12.0. The van der Waals surface area contributed by atoms with E-state index >= 15 is 0 Å². The topological polar surface area (TPSA) is 195 Å². The van der Waals surface area contributed by atoms with Crippen LogP contribution in [-0.4, -0.2) is 60.9 Å². The Labute approximate surface area is 114 Å². The molecule has 0 spiro atoms. The summed E-state index contributed by atoms with van der Waals surface area (Å²) >= 11 is 0. The van der Waals surface area contributed by atoms with Gasteiger partial charge in [0, 0.05) is 6.16 Å². The third-order valence-electron chi connectivity index (χ3n) is 2.51. The second kappa shape index (κ2) is 7.31. The van der Waals surface area contributed by atoms with Gasteiger partial charge in [0.1, 0.15) is 6.04 Å². The average Bonchev–Trinajstić information content (AvgIpc) is 2.22. The number of rotatable bonds is 9. The van der Waals surface area contributed by atoms with Gasteiger partial charge in [-0.1, -0.05) is 0 Å². The summed E-state index contributed by atoms with van der Waals surface area (Å²) in [5, 5.41) is 17.1. The first-order valence-electron chi connectivity index (χ1n) is 5.41. The summed E-state index contributed by atoms with van der Waals surface area (Å²) < 4.78 is 22.8. The van der Waals surface area contributed by atoms with Gasteiger partial charge in [-0.15, -0.1) is 0 Å². The van der Waals surface area contributed by atoms with Crippen LogP contribution in [0.25, 0.3) is 0 Å². The van der Waals surface area contributed by atoms with E-state index in [0.29, 0.717) is 0 Å². The summed E-state index contributed by atoms with van der Waals surface area (Å²) in [5.74, 6) is -2.88. The van der Waals surface area contributed by atoms with Gasteiger partial charge in [-0.25, -0.2) is 0 Å². The number of carboxylic acids is 2. The van der Waals surface area contributed by atoms with Crippen LogP contribution in [0, 0.1) is 0 Å². The number of hydrogen-bond donors (Lipinski definition) is 6. The predicted octanol–water partition coefficient (Wildman–Crippen LogP) is -0.920. The van der Waals surface area contributed by atoms with E-state index in [0.717, 1.165) is 0 Å². The molecule has 20 heavy (non-hydrogen) atoms. The maximum Gasteiger partial charge on any atom is 0.326 e. The Hall–Kier alpha value is -0.760. The second-order valence-corrected chi connectivity index (χ2v) is 8.69. The number of hydrogen-bond acceptors (Lipinski definition) is 5. The Kier molecular flexibility index (Phi) is 7.03. The standard InChI is InChI=1S/C8H17NO9P2/c9-6(8(12)13)1-2-19(14,15)5(3-7(10)11)4-20(16,17)18/h5-6H,1-4,9H2,(H,10,11)(H,12,13)(H,14,15)(H2,16,17,18)/t5?,6-/m0/s1. The largest absolute Gasteiger partial charge is 0.481 e. The fourth-order valence-electron chi connectivity index (χ4n) is 1.44. The molecule has 0 aromatic rings. The highest BCUT2D eigenvalue weighted by Crippen LogP contribution is 2.53. The fourth-order valence-corrected chi connectivity index (χ4v) is 5.23. The normalized spacial score (nSPS) is 18.0. The van der Waals surface area contributed by atoms with Crippen LogP contribution < -0.4 is 5.73 Å². The van der Waals surface area contributed by atoms with Gasteiger partial charge in [-0.05, 0) is 6.42 Å². The first-order chi connectivity index (χ1) is 8.85. The highest BCUT2D eigenvalue weighted by Gasteiger charge is 2.37. The molecule has 0 rings (SSSR count). The van der Waals surface area contributed by atoms with Gasteiger partial charge in [0.25, 0.3) is 0 Å². The number of aliphatic carboxylic acids is 2. The first kappa shape index (κ1) is 19.2.